The van der Waals surface area contributed by atoms with Crippen molar-refractivity contribution >= 4 is 5.91 Å². The van der Waals surface area contributed by atoms with Crippen LogP contribution < -0.4 is 5.32 Å². The van der Waals surface area contributed by atoms with Gasteiger partial charge in [-0.25, -0.2) is 0 Å². The van der Waals surface area contributed by atoms with Crippen LogP contribution in [0.15, 0.2) is 6.07 Å². The van der Waals surface area contributed by atoms with Crippen LogP contribution in [-0.2, 0) is 16.1 Å². The van der Waals surface area contributed by atoms with E-state index in [4.69, 9.17) is 4.74 Å². The van der Waals surface area contributed by atoms with E-state index in [0.717, 1.165) is 43.9 Å². The van der Waals surface area contributed by atoms with Crippen molar-refractivity contribution in [3.05, 3.63) is 17.5 Å². The van der Waals surface area contributed by atoms with Gasteiger partial charge in [0.2, 0.25) is 5.91 Å². The summed E-state index contributed by atoms with van der Waals surface area (Å²) in [6, 6.07) is 2.06. The topological polar surface area (TPSA) is 59.4 Å². The van der Waals surface area contributed by atoms with Crippen LogP contribution in [0.2, 0.25) is 0 Å². The van der Waals surface area contributed by atoms with Crippen LogP contribution in [0.25, 0.3) is 0 Å². The fraction of sp³-hybridized carbons (Fsp3) is 0.733. The molecule has 0 spiro atoms. The summed E-state index contributed by atoms with van der Waals surface area (Å²) in [4.78, 5) is 13.9. The summed E-state index contributed by atoms with van der Waals surface area (Å²) in [5, 5.41) is 7.36. The number of carbonyl (C=O) groups excluding carboxylic acids is 1. The smallest absolute Gasteiger partial charge is 0.234 e. The Morgan fingerprint density at radius 2 is 2.38 bits per heavy atom. The third-order valence-corrected chi connectivity index (χ3v) is 3.76. The van der Waals surface area contributed by atoms with Gasteiger partial charge in [-0.3, -0.25) is 14.4 Å². The lowest BCUT2D eigenvalue weighted by atomic mass is 10.2. The van der Waals surface area contributed by atoms with Gasteiger partial charge in [0.15, 0.2) is 0 Å². The summed E-state index contributed by atoms with van der Waals surface area (Å²) in [6.07, 6.45) is 2.35. The van der Waals surface area contributed by atoms with E-state index in [1.807, 2.05) is 30.5 Å². The van der Waals surface area contributed by atoms with Crippen LogP contribution in [0, 0.1) is 13.8 Å². The van der Waals surface area contributed by atoms with Crippen LogP contribution in [0.5, 0.6) is 0 Å². The molecular weight excluding hydrogens is 268 g/mol. The summed E-state index contributed by atoms with van der Waals surface area (Å²) in [5.74, 6) is 0.0568. The highest BCUT2D eigenvalue weighted by molar-refractivity contribution is 5.77. The molecule has 6 heteroatoms. The zero-order chi connectivity index (χ0) is 15.2. The van der Waals surface area contributed by atoms with Crippen LogP contribution in [0.4, 0.5) is 0 Å². The van der Waals surface area contributed by atoms with E-state index in [1.54, 1.807) is 0 Å². The van der Waals surface area contributed by atoms with Crippen molar-refractivity contribution in [3.8, 4) is 0 Å². The number of hydrogen-bond donors (Lipinski definition) is 1. The predicted octanol–water partition coefficient (Wildman–Crippen LogP) is 0.727. The quantitative estimate of drug-likeness (QED) is 0.805. The van der Waals surface area contributed by atoms with Gasteiger partial charge < -0.3 is 10.1 Å². The van der Waals surface area contributed by atoms with E-state index in [0.29, 0.717) is 13.1 Å². The number of ether oxygens (including phenoxy) is 1. The second-order valence-corrected chi connectivity index (χ2v) is 5.83. The highest BCUT2D eigenvalue weighted by Crippen LogP contribution is 2.10. The molecular formula is C15H26N4O2. The molecule has 21 heavy (non-hydrogen) atoms. The zero-order valence-electron chi connectivity index (χ0n) is 13.3. The Balaban J connectivity index is 1.65. The minimum atomic E-state index is 0.0568. The van der Waals surface area contributed by atoms with Gasteiger partial charge >= 0.3 is 0 Å². The van der Waals surface area contributed by atoms with Crippen LogP contribution in [0.3, 0.4) is 0 Å². The van der Waals surface area contributed by atoms with Gasteiger partial charge in [0.1, 0.15) is 0 Å². The number of likely N-dealkylation sites (N-methyl/N-ethyl adjacent to an activating group) is 1. The van der Waals surface area contributed by atoms with Crippen molar-refractivity contribution in [2.45, 2.75) is 39.3 Å². The van der Waals surface area contributed by atoms with Crippen molar-refractivity contribution < 1.29 is 9.53 Å². The van der Waals surface area contributed by atoms with Crippen molar-refractivity contribution in [1.82, 2.24) is 20.0 Å². The SMILES string of the molecule is Cc1cc(C)n(CCN(C)CC(=O)NC[C@@H]2CCCO2)n1. The van der Waals surface area contributed by atoms with Gasteiger partial charge in [-0.15, -0.1) is 0 Å². The molecule has 0 aromatic carbocycles. The maximum absolute atomic E-state index is 11.9. The van der Waals surface area contributed by atoms with E-state index in [9.17, 15) is 4.79 Å². The molecule has 1 amide bonds. The van der Waals surface area contributed by atoms with E-state index in [1.165, 1.54) is 0 Å². The number of amides is 1. The van der Waals surface area contributed by atoms with E-state index >= 15 is 0 Å². The van der Waals surface area contributed by atoms with Gasteiger partial charge in [-0.2, -0.15) is 5.10 Å². The largest absolute Gasteiger partial charge is 0.376 e. The fourth-order valence-electron chi connectivity index (χ4n) is 2.58. The Labute approximate surface area is 126 Å². The normalized spacial score (nSPS) is 18.4. The van der Waals surface area contributed by atoms with E-state index in [2.05, 4.69) is 16.5 Å². The molecule has 1 saturated heterocycles. The highest BCUT2D eigenvalue weighted by atomic mass is 16.5. The van der Waals surface area contributed by atoms with Gasteiger partial charge in [-0.1, -0.05) is 0 Å². The van der Waals surface area contributed by atoms with Gasteiger partial charge in [0, 0.05) is 25.4 Å². The Bertz CT molecular complexity index is 466. The highest BCUT2D eigenvalue weighted by Gasteiger charge is 2.16. The molecule has 0 saturated carbocycles. The molecule has 0 aliphatic carbocycles. The average Bonchev–Trinajstić information content (AvgIpc) is 3.04. The molecule has 0 unspecified atom stereocenters. The first-order valence-electron chi connectivity index (χ1n) is 7.62. The van der Waals surface area contributed by atoms with Crippen LogP contribution in [0.1, 0.15) is 24.2 Å². The Morgan fingerprint density at radius 1 is 1.57 bits per heavy atom. The zero-order valence-corrected chi connectivity index (χ0v) is 13.3. The first kappa shape index (κ1) is 16.0. The number of carbonyl (C=O) groups is 1. The molecule has 1 aliphatic heterocycles. The number of nitrogens with zero attached hydrogens (tertiary/aromatic N) is 3. The first-order valence-corrected chi connectivity index (χ1v) is 7.62. The second kappa shape index (κ2) is 7.56. The van der Waals surface area contributed by atoms with Crippen molar-refractivity contribution in [3.63, 3.8) is 0 Å². The van der Waals surface area contributed by atoms with Gasteiger partial charge in [-0.05, 0) is 39.8 Å². The Hall–Kier alpha value is -1.40. The lowest BCUT2D eigenvalue weighted by Gasteiger charge is -2.17. The summed E-state index contributed by atoms with van der Waals surface area (Å²) >= 11 is 0. The third-order valence-electron chi connectivity index (χ3n) is 3.76. The van der Waals surface area contributed by atoms with Crippen LogP contribution in [-0.4, -0.2) is 60.0 Å². The molecule has 118 valence electrons. The minimum Gasteiger partial charge on any atom is -0.376 e. The van der Waals surface area contributed by atoms with Crippen LogP contribution >= 0.6 is 0 Å². The first-order chi connectivity index (χ1) is 10.0. The molecule has 1 fully saturated rings. The third kappa shape index (κ3) is 5.13. The minimum absolute atomic E-state index is 0.0568. The fourth-order valence-corrected chi connectivity index (χ4v) is 2.58. The monoisotopic (exact) mass is 294 g/mol. The van der Waals surface area contributed by atoms with Gasteiger partial charge in [0.05, 0.1) is 24.9 Å². The molecule has 6 nitrogen and oxygen atoms in total. The van der Waals surface area contributed by atoms with Crippen molar-refractivity contribution in [2.24, 2.45) is 0 Å². The Morgan fingerprint density at radius 3 is 3.00 bits per heavy atom. The molecule has 1 N–H and O–H groups in total. The van der Waals surface area contributed by atoms with Crippen molar-refractivity contribution in [2.75, 3.05) is 33.3 Å². The maximum Gasteiger partial charge on any atom is 0.234 e. The number of rotatable bonds is 7. The van der Waals surface area contributed by atoms with E-state index < -0.39 is 0 Å². The summed E-state index contributed by atoms with van der Waals surface area (Å²) in [5.41, 5.74) is 2.19. The number of aryl methyl sites for hydroxylation is 2. The predicted molar refractivity (Wildman–Crippen MR) is 81.2 cm³/mol. The molecule has 0 radical (unpaired) electrons. The van der Waals surface area contributed by atoms with Crippen molar-refractivity contribution in [1.29, 1.82) is 0 Å². The molecule has 1 atom stereocenters. The average molecular weight is 294 g/mol. The Kier molecular flexibility index (Phi) is 5.76. The number of nitrogens with one attached hydrogen (secondary N) is 1. The second-order valence-electron chi connectivity index (χ2n) is 5.83. The molecule has 1 aromatic rings. The van der Waals surface area contributed by atoms with E-state index in [-0.39, 0.29) is 12.0 Å². The molecule has 2 heterocycles. The number of aromatic nitrogens is 2. The molecule has 1 aromatic heterocycles. The molecule has 1 aliphatic rings. The standard InChI is InChI=1S/C15H26N4O2/c1-12-9-13(2)19(17-12)7-6-18(3)11-15(20)16-10-14-5-4-8-21-14/h9,14H,4-8,10-11H2,1-3H3,(H,16,20)/t14-/m0/s1. The molecule has 0 bridgehead atoms. The lowest BCUT2D eigenvalue weighted by Crippen LogP contribution is -2.39. The number of hydrogen-bond acceptors (Lipinski definition) is 4. The van der Waals surface area contributed by atoms with Gasteiger partial charge in [0.25, 0.3) is 0 Å². The summed E-state index contributed by atoms with van der Waals surface area (Å²) < 4.78 is 7.47. The molecule has 2 rings (SSSR count). The summed E-state index contributed by atoms with van der Waals surface area (Å²) in [7, 11) is 1.96. The maximum atomic E-state index is 11.9. The lowest BCUT2D eigenvalue weighted by molar-refractivity contribution is -0.122. The summed E-state index contributed by atoms with van der Waals surface area (Å²) in [6.45, 7) is 7.50.